The summed E-state index contributed by atoms with van der Waals surface area (Å²) in [6.45, 7) is 5.40. The largest absolute Gasteiger partial charge is 0.479 e. The molecule has 0 saturated heterocycles. The van der Waals surface area contributed by atoms with Crippen molar-refractivity contribution in [1.29, 1.82) is 0 Å². The fourth-order valence-corrected chi connectivity index (χ4v) is 1.73. The van der Waals surface area contributed by atoms with Crippen LogP contribution in [0.3, 0.4) is 0 Å². The molecule has 0 atom stereocenters. The van der Waals surface area contributed by atoms with Crippen LogP contribution < -0.4 is 9.64 Å². The van der Waals surface area contributed by atoms with Gasteiger partial charge in [-0.25, -0.2) is 9.78 Å². The fraction of sp³-hybridized carbons (Fsp3) is 0.545. The summed E-state index contributed by atoms with van der Waals surface area (Å²) in [6.07, 6.45) is 0. The smallest absolute Gasteiger partial charge is 0.362 e. The Kier molecular flexibility index (Phi) is 5.15. The number of carbonyl (C=O) groups excluding carboxylic acids is 1. The minimum atomic E-state index is -0.632. The zero-order chi connectivity index (χ0) is 13.7. The van der Waals surface area contributed by atoms with E-state index in [9.17, 15) is 4.79 Å². The molecule has 1 aromatic heterocycles. The van der Waals surface area contributed by atoms with E-state index in [2.05, 4.69) is 14.7 Å². The van der Waals surface area contributed by atoms with Gasteiger partial charge in [0.15, 0.2) is 11.0 Å². The van der Waals surface area contributed by atoms with Crippen molar-refractivity contribution < 1.29 is 14.3 Å². The molecule has 0 aliphatic rings. The molecule has 1 heterocycles. The first-order valence-corrected chi connectivity index (χ1v) is 5.91. The Hall–Kier alpha value is -1.56. The molecule has 1 aromatic rings. The van der Waals surface area contributed by atoms with Gasteiger partial charge >= 0.3 is 5.97 Å². The van der Waals surface area contributed by atoms with Gasteiger partial charge in [-0.05, 0) is 13.8 Å². The van der Waals surface area contributed by atoms with Crippen molar-refractivity contribution in [3.63, 3.8) is 0 Å². The summed E-state index contributed by atoms with van der Waals surface area (Å²) in [7, 11) is 2.67. The second-order valence-corrected chi connectivity index (χ2v) is 3.72. The van der Waals surface area contributed by atoms with Gasteiger partial charge < -0.3 is 14.4 Å². The summed E-state index contributed by atoms with van der Waals surface area (Å²) in [5.74, 6) is -0.0355. The van der Waals surface area contributed by atoms with Crippen molar-refractivity contribution in [1.82, 2.24) is 9.97 Å². The molecule has 100 valence electrons. The molecule has 0 saturated carbocycles. The number of halogens is 1. The van der Waals surface area contributed by atoms with Gasteiger partial charge in [-0.3, -0.25) is 0 Å². The molecule has 7 heteroatoms. The monoisotopic (exact) mass is 273 g/mol. The van der Waals surface area contributed by atoms with Crippen LogP contribution in [0.15, 0.2) is 0 Å². The third-order valence-corrected chi connectivity index (χ3v) is 2.69. The highest BCUT2D eigenvalue weighted by atomic mass is 35.5. The van der Waals surface area contributed by atoms with Gasteiger partial charge in [0.05, 0.1) is 14.2 Å². The highest BCUT2D eigenvalue weighted by molar-refractivity contribution is 6.31. The van der Waals surface area contributed by atoms with Crippen molar-refractivity contribution >= 4 is 23.4 Å². The summed E-state index contributed by atoms with van der Waals surface area (Å²) >= 11 is 6.03. The van der Waals surface area contributed by atoms with Crippen LogP contribution >= 0.6 is 11.6 Å². The topological polar surface area (TPSA) is 64.6 Å². The van der Waals surface area contributed by atoms with Crippen LogP contribution in [0.2, 0.25) is 5.15 Å². The quantitative estimate of drug-likeness (QED) is 0.762. The Bertz CT molecular complexity index is 436. The lowest BCUT2D eigenvalue weighted by Gasteiger charge is -2.21. The standard InChI is InChI=1S/C11H16ClN3O3/c1-5-15(6-2)9-8(12)13-7(11(16)18-4)10(14-9)17-3/h5-6H2,1-4H3. The van der Waals surface area contributed by atoms with E-state index in [4.69, 9.17) is 16.3 Å². The highest BCUT2D eigenvalue weighted by Crippen LogP contribution is 2.26. The van der Waals surface area contributed by atoms with Crippen LogP contribution in [-0.4, -0.2) is 43.2 Å². The third kappa shape index (κ3) is 2.81. The normalized spacial score (nSPS) is 10.1. The molecule has 0 N–H and O–H groups in total. The number of anilines is 1. The van der Waals surface area contributed by atoms with Gasteiger partial charge in [0, 0.05) is 13.1 Å². The van der Waals surface area contributed by atoms with Gasteiger partial charge in [0.25, 0.3) is 0 Å². The second kappa shape index (κ2) is 6.39. The first-order valence-electron chi connectivity index (χ1n) is 5.53. The molecule has 0 amide bonds. The summed E-state index contributed by atoms with van der Waals surface area (Å²) in [6, 6.07) is 0. The molecule has 0 fully saturated rings. The van der Waals surface area contributed by atoms with E-state index >= 15 is 0 Å². The van der Waals surface area contributed by atoms with Gasteiger partial charge in [-0.15, -0.1) is 0 Å². The molecule has 0 aromatic carbocycles. The molecular weight excluding hydrogens is 258 g/mol. The molecule has 6 nitrogen and oxygen atoms in total. The molecule has 0 radical (unpaired) electrons. The average Bonchev–Trinajstić information content (AvgIpc) is 2.40. The maximum absolute atomic E-state index is 11.5. The number of nitrogens with zero attached hydrogens (tertiary/aromatic N) is 3. The lowest BCUT2D eigenvalue weighted by molar-refractivity contribution is 0.0589. The number of hydrogen-bond acceptors (Lipinski definition) is 6. The Morgan fingerprint density at radius 1 is 1.28 bits per heavy atom. The van der Waals surface area contributed by atoms with E-state index < -0.39 is 5.97 Å². The third-order valence-electron chi connectivity index (χ3n) is 2.44. The summed E-state index contributed by atoms with van der Waals surface area (Å²) in [5, 5.41) is 0.153. The summed E-state index contributed by atoms with van der Waals surface area (Å²) in [5.41, 5.74) is -0.0269. The van der Waals surface area contributed by atoms with Crippen LogP contribution in [0, 0.1) is 0 Å². The maximum atomic E-state index is 11.5. The molecule has 0 spiro atoms. The van der Waals surface area contributed by atoms with Crippen LogP contribution in [-0.2, 0) is 4.74 Å². The van der Waals surface area contributed by atoms with Crippen molar-refractivity contribution in [2.75, 3.05) is 32.2 Å². The van der Waals surface area contributed by atoms with E-state index in [1.807, 2.05) is 18.7 Å². The number of carbonyl (C=O) groups is 1. The molecule has 0 aliphatic carbocycles. The molecule has 0 bridgehead atoms. The second-order valence-electron chi connectivity index (χ2n) is 3.36. The van der Waals surface area contributed by atoms with Crippen LogP contribution in [0.1, 0.15) is 24.3 Å². The van der Waals surface area contributed by atoms with Gasteiger partial charge in [-0.1, -0.05) is 11.6 Å². The van der Waals surface area contributed by atoms with Gasteiger partial charge in [-0.2, -0.15) is 4.98 Å². The lowest BCUT2D eigenvalue weighted by atomic mass is 10.4. The zero-order valence-corrected chi connectivity index (χ0v) is 11.6. The number of hydrogen-bond donors (Lipinski definition) is 0. The summed E-state index contributed by atoms with van der Waals surface area (Å²) in [4.78, 5) is 21.6. The Labute approximate surface area is 111 Å². The van der Waals surface area contributed by atoms with Crippen molar-refractivity contribution in [3.05, 3.63) is 10.8 Å². The van der Waals surface area contributed by atoms with Crippen molar-refractivity contribution in [2.24, 2.45) is 0 Å². The van der Waals surface area contributed by atoms with E-state index in [1.54, 1.807) is 0 Å². The first-order chi connectivity index (χ1) is 8.58. The molecule has 0 unspecified atom stereocenters. The lowest BCUT2D eigenvalue weighted by Crippen LogP contribution is -2.24. The zero-order valence-electron chi connectivity index (χ0n) is 10.9. The number of esters is 1. The molecule has 1 rings (SSSR count). The van der Waals surface area contributed by atoms with E-state index in [0.717, 1.165) is 13.1 Å². The molecule has 0 aliphatic heterocycles. The minimum Gasteiger partial charge on any atom is -0.479 e. The van der Waals surface area contributed by atoms with E-state index in [-0.39, 0.29) is 16.7 Å². The molecular formula is C11H16ClN3O3. The van der Waals surface area contributed by atoms with Crippen LogP contribution in [0.5, 0.6) is 5.88 Å². The van der Waals surface area contributed by atoms with E-state index in [0.29, 0.717) is 5.82 Å². The minimum absolute atomic E-state index is 0.0269. The van der Waals surface area contributed by atoms with Crippen molar-refractivity contribution in [2.45, 2.75) is 13.8 Å². The fourth-order valence-electron chi connectivity index (χ4n) is 1.49. The Morgan fingerprint density at radius 2 is 1.89 bits per heavy atom. The maximum Gasteiger partial charge on any atom is 0.362 e. The Morgan fingerprint density at radius 3 is 2.33 bits per heavy atom. The SMILES string of the molecule is CCN(CC)c1nc(OC)c(C(=O)OC)nc1Cl. The predicted octanol–water partition coefficient (Wildman–Crippen LogP) is 1.77. The van der Waals surface area contributed by atoms with Crippen LogP contribution in [0.25, 0.3) is 0 Å². The number of ether oxygens (including phenoxy) is 2. The van der Waals surface area contributed by atoms with Gasteiger partial charge in [0.1, 0.15) is 0 Å². The first kappa shape index (κ1) is 14.5. The predicted molar refractivity (Wildman–Crippen MR) is 68.5 cm³/mol. The number of rotatable bonds is 5. The Balaban J connectivity index is 3.30. The number of aromatic nitrogens is 2. The number of methoxy groups -OCH3 is 2. The van der Waals surface area contributed by atoms with Crippen LogP contribution in [0.4, 0.5) is 5.82 Å². The molecule has 18 heavy (non-hydrogen) atoms. The van der Waals surface area contributed by atoms with Gasteiger partial charge in [0.2, 0.25) is 11.6 Å². The van der Waals surface area contributed by atoms with Crippen molar-refractivity contribution in [3.8, 4) is 5.88 Å². The summed E-state index contributed by atoms with van der Waals surface area (Å²) < 4.78 is 9.64. The average molecular weight is 274 g/mol. The highest BCUT2D eigenvalue weighted by Gasteiger charge is 2.21. The van der Waals surface area contributed by atoms with E-state index in [1.165, 1.54) is 14.2 Å².